The molecule has 18 heavy (non-hydrogen) atoms. The predicted molar refractivity (Wildman–Crippen MR) is 81.2 cm³/mol. The molecule has 1 heterocycles. The van der Waals surface area contributed by atoms with E-state index in [0.717, 1.165) is 17.8 Å². The smallest absolute Gasteiger partial charge is 0.106 e. The van der Waals surface area contributed by atoms with E-state index < -0.39 is 0 Å². The van der Waals surface area contributed by atoms with Crippen molar-refractivity contribution in [2.45, 2.75) is 25.8 Å². The Balaban J connectivity index is 2.06. The summed E-state index contributed by atoms with van der Waals surface area (Å²) >= 11 is 5.11. The second kappa shape index (κ2) is 5.67. The molecule has 1 saturated heterocycles. The van der Waals surface area contributed by atoms with Crippen molar-refractivity contribution in [2.75, 3.05) is 25.5 Å². The van der Waals surface area contributed by atoms with E-state index in [1.54, 1.807) is 0 Å². The number of nitrogens with two attached hydrogens (primary N) is 1. The lowest BCUT2D eigenvalue weighted by atomic mass is 10.1. The fourth-order valence-electron chi connectivity index (χ4n) is 2.48. The van der Waals surface area contributed by atoms with E-state index in [9.17, 15) is 0 Å². The third-order valence-corrected chi connectivity index (χ3v) is 3.86. The number of likely N-dealkylation sites (tertiary alicyclic amines) is 1. The number of benzene rings is 1. The summed E-state index contributed by atoms with van der Waals surface area (Å²) in [7, 11) is 2.18. The molecule has 4 heteroatoms. The monoisotopic (exact) mass is 263 g/mol. The van der Waals surface area contributed by atoms with Crippen LogP contribution in [0, 0.1) is 6.92 Å². The molecule has 98 valence electrons. The summed E-state index contributed by atoms with van der Waals surface area (Å²) in [5.41, 5.74) is 8.96. The molecule has 3 nitrogen and oxygen atoms in total. The van der Waals surface area contributed by atoms with Crippen LogP contribution in [0.1, 0.15) is 24.0 Å². The zero-order valence-electron chi connectivity index (χ0n) is 11.1. The van der Waals surface area contributed by atoms with Crippen LogP contribution >= 0.6 is 12.2 Å². The number of hydrogen-bond donors (Lipinski definition) is 2. The molecule has 0 saturated carbocycles. The van der Waals surface area contributed by atoms with Crippen LogP contribution in [0.15, 0.2) is 18.2 Å². The van der Waals surface area contributed by atoms with Crippen LogP contribution in [0.5, 0.6) is 0 Å². The van der Waals surface area contributed by atoms with Crippen molar-refractivity contribution in [1.82, 2.24) is 4.90 Å². The zero-order valence-corrected chi connectivity index (χ0v) is 11.9. The summed E-state index contributed by atoms with van der Waals surface area (Å²) in [4.78, 5) is 2.86. The fraction of sp³-hybridized carbons (Fsp3) is 0.500. The minimum absolute atomic E-state index is 0.459. The lowest BCUT2D eigenvalue weighted by molar-refractivity contribution is 0.322. The average molecular weight is 263 g/mol. The maximum Gasteiger partial charge on any atom is 0.106 e. The standard InChI is InChI=1S/C14H21N3S/c1-10-5-6-13(12(8-10)14(15)18)16-9-11-4-3-7-17(11)2/h5-6,8,11,16H,3-4,7,9H2,1-2H3,(H2,15,18). The highest BCUT2D eigenvalue weighted by Crippen LogP contribution is 2.20. The molecule has 1 aliphatic rings. The molecule has 2 rings (SSSR count). The van der Waals surface area contributed by atoms with Crippen LogP contribution in [0.2, 0.25) is 0 Å². The van der Waals surface area contributed by atoms with Crippen molar-refractivity contribution in [2.24, 2.45) is 5.73 Å². The van der Waals surface area contributed by atoms with Gasteiger partial charge in [-0.15, -0.1) is 0 Å². The van der Waals surface area contributed by atoms with Crippen LogP contribution in [0.4, 0.5) is 5.69 Å². The van der Waals surface area contributed by atoms with E-state index in [1.165, 1.54) is 24.9 Å². The molecule has 0 amide bonds. The molecule has 3 N–H and O–H groups in total. The van der Waals surface area contributed by atoms with E-state index in [1.807, 2.05) is 6.07 Å². The molecule has 1 fully saturated rings. The molecule has 0 spiro atoms. The topological polar surface area (TPSA) is 41.3 Å². The van der Waals surface area contributed by atoms with Crippen molar-refractivity contribution >= 4 is 22.9 Å². The minimum Gasteiger partial charge on any atom is -0.389 e. The molecule has 1 atom stereocenters. The highest BCUT2D eigenvalue weighted by atomic mass is 32.1. The Kier molecular flexibility index (Phi) is 4.19. The molecular formula is C14H21N3S. The first-order valence-electron chi connectivity index (χ1n) is 6.42. The van der Waals surface area contributed by atoms with Gasteiger partial charge in [0, 0.05) is 23.8 Å². The normalized spacial score (nSPS) is 20.0. The van der Waals surface area contributed by atoms with Gasteiger partial charge < -0.3 is 16.0 Å². The lowest BCUT2D eigenvalue weighted by Crippen LogP contribution is -2.32. The molecule has 1 unspecified atom stereocenters. The van der Waals surface area contributed by atoms with E-state index in [0.29, 0.717) is 11.0 Å². The summed E-state index contributed by atoms with van der Waals surface area (Å²) < 4.78 is 0. The van der Waals surface area contributed by atoms with Crippen molar-refractivity contribution in [3.05, 3.63) is 29.3 Å². The Morgan fingerprint density at radius 3 is 2.94 bits per heavy atom. The number of aryl methyl sites for hydroxylation is 1. The summed E-state index contributed by atoms with van der Waals surface area (Å²) in [5.74, 6) is 0. The Morgan fingerprint density at radius 1 is 1.56 bits per heavy atom. The largest absolute Gasteiger partial charge is 0.389 e. The van der Waals surface area contributed by atoms with Gasteiger partial charge in [-0.3, -0.25) is 0 Å². The van der Waals surface area contributed by atoms with Gasteiger partial charge in [0.25, 0.3) is 0 Å². The van der Waals surface area contributed by atoms with E-state index in [4.69, 9.17) is 18.0 Å². The first-order chi connectivity index (χ1) is 8.58. The van der Waals surface area contributed by atoms with Gasteiger partial charge in [0.1, 0.15) is 4.99 Å². The summed E-state index contributed by atoms with van der Waals surface area (Å²) in [6, 6.07) is 6.81. The predicted octanol–water partition coefficient (Wildman–Crippen LogP) is 2.14. The molecule has 0 bridgehead atoms. The van der Waals surface area contributed by atoms with Crippen molar-refractivity contribution in [3.63, 3.8) is 0 Å². The Morgan fingerprint density at radius 2 is 2.33 bits per heavy atom. The number of likely N-dealkylation sites (N-methyl/N-ethyl adjacent to an activating group) is 1. The highest BCUT2D eigenvalue weighted by molar-refractivity contribution is 7.80. The molecule has 1 aromatic rings. The van der Waals surface area contributed by atoms with Gasteiger partial charge in [-0.05, 0) is 45.5 Å². The minimum atomic E-state index is 0.459. The molecule has 1 aromatic carbocycles. The van der Waals surface area contributed by atoms with Gasteiger partial charge in [-0.1, -0.05) is 23.8 Å². The Hall–Kier alpha value is -1.13. The van der Waals surface area contributed by atoms with Crippen molar-refractivity contribution < 1.29 is 0 Å². The van der Waals surface area contributed by atoms with E-state index in [2.05, 4.69) is 36.3 Å². The van der Waals surface area contributed by atoms with Crippen molar-refractivity contribution in [1.29, 1.82) is 0 Å². The zero-order chi connectivity index (χ0) is 13.1. The molecule has 0 aromatic heterocycles. The van der Waals surface area contributed by atoms with Gasteiger partial charge in [-0.2, -0.15) is 0 Å². The van der Waals surface area contributed by atoms with Crippen LogP contribution < -0.4 is 11.1 Å². The second-order valence-electron chi connectivity index (χ2n) is 5.07. The van der Waals surface area contributed by atoms with Gasteiger partial charge in [0.2, 0.25) is 0 Å². The third-order valence-electron chi connectivity index (χ3n) is 3.64. The number of thiocarbonyl (C=S) groups is 1. The summed E-state index contributed by atoms with van der Waals surface area (Å²) in [6.07, 6.45) is 2.55. The number of rotatable bonds is 4. The van der Waals surface area contributed by atoms with Crippen LogP contribution in [-0.4, -0.2) is 36.1 Å². The Bertz CT molecular complexity index is 445. The van der Waals surface area contributed by atoms with E-state index in [-0.39, 0.29) is 0 Å². The summed E-state index contributed by atoms with van der Waals surface area (Å²) in [6.45, 7) is 4.20. The number of nitrogens with zero attached hydrogens (tertiary/aromatic N) is 1. The first kappa shape index (κ1) is 13.3. The second-order valence-corrected chi connectivity index (χ2v) is 5.51. The SMILES string of the molecule is Cc1ccc(NCC2CCCN2C)c(C(N)=S)c1. The molecular weight excluding hydrogens is 242 g/mol. The van der Waals surface area contributed by atoms with Crippen LogP contribution in [0.3, 0.4) is 0 Å². The van der Waals surface area contributed by atoms with Gasteiger partial charge in [-0.25, -0.2) is 0 Å². The molecule has 0 aliphatic carbocycles. The lowest BCUT2D eigenvalue weighted by Gasteiger charge is -2.21. The maximum atomic E-state index is 5.78. The highest BCUT2D eigenvalue weighted by Gasteiger charge is 2.20. The number of anilines is 1. The molecule has 0 radical (unpaired) electrons. The first-order valence-corrected chi connectivity index (χ1v) is 6.83. The van der Waals surface area contributed by atoms with Gasteiger partial charge in [0.05, 0.1) is 0 Å². The average Bonchev–Trinajstić information content (AvgIpc) is 2.73. The van der Waals surface area contributed by atoms with E-state index >= 15 is 0 Å². The van der Waals surface area contributed by atoms with Crippen molar-refractivity contribution in [3.8, 4) is 0 Å². The van der Waals surface area contributed by atoms with Gasteiger partial charge >= 0.3 is 0 Å². The third kappa shape index (κ3) is 3.00. The van der Waals surface area contributed by atoms with Crippen LogP contribution in [0.25, 0.3) is 0 Å². The fourth-order valence-corrected chi connectivity index (χ4v) is 2.65. The molecule has 1 aliphatic heterocycles. The van der Waals surface area contributed by atoms with Gasteiger partial charge in [0.15, 0.2) is 0 Å². The maximum absolute atomic E-state index is 5.78. The Labute approximate surface area is 114 Å². The number of nitrogens with one attached hydrogen (secondary N) is 1. The number of hydrogen-bond acceptors (Lipinski definition) is 3. The quantitative estimate of drug-likeness (QED) is 0.817. The van der Waals surface area contributed by atoms with Crippen LogP contribution in [-0.2, 0) is 0 Å². The summed E-state index contributed by atoms with van der Waals surface area (Å²) in [5, 5.41) is 3.49.